The molecule has 130 valence electrons. The summed E-state index contributed by atoms with van der Waals surface area (Å²) in [6, 6.07) is 8.58. The number of nitrogens with one attached hydrogen (secondary N) is 1. The molecule has 1 aliphatic rings. The van der Waals surface area contributed by atoms with Crippen LogP contribution in [-0.2, 0) is 4.79 Å². The molecule has 1 aliphatic heterocycles. The summed E-state index contributed by atoms with van der Waals surface area (Å²) in [5.41, 5.74) is 0.498. The summed E-state index contributed by atoms with van der Waals surface area (Å²) in [4.78, 5) is 24.8. The maximum Gasteiger partial charge on any atom is 0.326 e. The average molecular weight is 346 g/mol. The van der Waals surface area contributed by atoms with Gasteiger partial charge in [-0.2, -0.15) is 0 Å². The largest absolute Gasteiger partial charge is 0.480 e. The van der Waals surface area contributed by atoms with Crippen molar-refractivity contribution in [1.29, 1.82) is 0 Å². The van der Waals surface area contributed by atoms with E-state index in [4.69, 9.17) is 0 Å². The highest BCUT2D eigenvalue weighted by Gasteiger charge is 2.34. The number of likely N-dealkylation sites (tertiary alicyclic amines) is 1. The second-order valence-electron chi connectivity index (χ2n) is 5.80. The van der Waals surface area contributed by atoms with Crippen LogP contribution >= 0.6 is 0 Å². The third kappa shape index (κ3) is 3.45. The fourth-order valence-corrected chi connectivity index (χ4v) is 3.02. The highest BCUT2D eigenvalue weighted by Crippen LogP contribution is 2.32. The number of carbonyl (C=O) groups is 2. The molecular weight excluding hydrogens is 330 g/mol. The summed E-state index contributed by atoms with van der Waals surface area (Å²) in [7, 11) is 0. The van der Waals surface area contributed by atoms with Crippen molar-refractivity contribution in [2.75, 3.05) is 11.9 Å². The lowest BCUT2D eigenvalue weighted by atomic mass is 10.0. The summed E-state index contributed by atoms with van der Waals surface area (Å²) in [5, 5.41) is 11.6. The zero-order valence-corrected chi connectivity index (χ0v) is 13.2. The Morgan fingerprint density at radius 1 is 1.16 bits per heavy atom. The molecule has 2 amide bonds. The molecule has 25 heavy (non-hydrogen) atoms. The number of anilines is 1. The van der Waals surface area contributed by atoms with Gasteiger partial charge in [0.15, 0.2) is 0 Å². The molecule has 0 aliphatic carbocycles. The van der Waals surface area contributed by atoms with Crippen LogP contribution in [0.25, 0.3) is 11.1 Å². The van der Waals surface area contributed by atoms with Crippen molar-refractivity contribution >= 4 is 17.7 Å². The fraction of sp³-hybridized carbons (Fsp3) is 0.222. The average Bonchev–Trinajstić information content (AvgIpc) is 3.05. The second kappa shape index (κ2) is 6.88. The first-order valence-electron chi connectivity index (χ1n) is 7.82. The SMILES string of the molecule is O=C(O)C1CCCN1C(=O)Nc1cc(F)cc(F)c1-c1ccccc1. The number of nitrogens with zero attached hydrogens (tertiary/aromatic N) is 1. The van der Waals surface area contributed by atoms with Crippen LogP contribution < -0.4 is 5.32 Å². The number of aliphatic carboxylic acids is 1. The summed E-state index contributed by atoms with van der Waals surface area (Å²) < 4.78 is 28.0. The predicted octanol–water partition coefficient (Wildman–Crippen LogP) is 3.71. The molecule has 1 unspecified atom stereocenters. The van der Waals surface area contributed by atoms with Gasteiger partial charge in [-0.15, -0.1) is 0 Å². The molecule has 1 atom stereocenters. The molecule has 0 aromatic heterocycles. The van der Waals surface area contributed by atoms with E-state index in [1.807, 2.05) is 0 Å². The lowest BCUT2D eigenvalue weighted by molar-refractivity contribution is -0.141. The predicted molar refractivity (Wildman–Crippen MR) is 88.2 cm³/mol. The normalized spacial score (nSPS) is 16.7. The van der Waals surface area contributed by atoms with Crippen molar-refractivity contribution in [1.82, 2.24) is 4.90 Å². The lowest BCUT2D eigenvalue weighted by Crippen LogP contribution is -2.42. The topological polar surface area (TPSA) is 69.6 Å². The number of rotatable bonds is 3. The molecule has 2 aromatic rings. The Morgan fingerprint density at radius 3 is 2.56 bits per heavy atom. The molecule has 2 N–H and O–H groups in total. The first-order valence-corrected chi connectivity index (χ1v) is 7.82. The van der Waals surface area contributed by atoms with E-state index < -0.39 is 29.7 Å². The van der Waals surface area contributed by atoms with E-state index >= 15 is 0 Å². The standard InChI is InChI=1S/C18H16F2N2O3/c19-12-9-13(20)16(11-5-2-1-3-6-11)14(10-12)21-18(25)22-8-4-7-15(22)17(23)24/h1-3,5-6,9-10,15H,4,7-8H2,(H,21,25)(H,23,24). The van der Waals surface area contributed by atoms with Gasteiger partial charge in [0.25, 0.3) is 0 Å². The molecule has 0 spiro atoms. The molecule has 3 rings (SSSR count). The van der Waals surface area contributed by atoms with Crippen molar-refractivity contribution < 1.29 is 23.5 Å². The molecular formula is C18H16F2N2O3. The minimum absolute atomic E-state index is 0.0373. The van der Waals surface area contributed by atoms with Crippen LogP contribution in [0.2, 0.25) is 0 Å². The Hall–Kier alpha value is -2.96. The second-order valence-corrected chi connectivity index (χ2v) is 5.80. The highest BCUT2D eigenvalue weighted by molar-refractivity contribution is 5.96. The van der Waals surface area contributed by atoms with Crippen LogP contribution in [0.4, 0.5) is 19.3 Å². The number of urea groups is 1. The van der Waals surface area contributed by atoms with Gasteiger partial charge in [0.05, 0.1) is 5.69 Å². The number of carboxylic acid groups (broad SMARTS) is 1. The lowest BCUT2D eigenvalue weighted by Gasteiger charge is -2.23. The van der Waals surface area contributed by atoms with Crippen LogP contribution in [0.3, 0.4) is 0 Å². The first kappa shape index (κ1) is 16.9. The molecule has 2 aromatic carbocycles. The molecule has 0 bridgehead atoms. The number of carboxylic acids is 1. The maximum atomic E-state index is 14.3. The van der Waals surface area contributed by atoms with Crippen molar-refractivity contribution in [3.63, 3.8) is 0 Å². The van der Waals surface area contributed by atoms with Crippen LogP contribution in [0.1, 0.15) is 12.8 Å². The summed E-state index contributed by atoms with van der Waals surface area (Å²) in [6.45, 7) is 0.279. The van der Waals surface area contributed by atoms with Gasteiger partial charge < -0.3 is 15.3 Å². The third-order valence-corrected chi connectivity index (χ3v) is 4.16. The Kier molecular flexibility index (Phi) is 4.65. The van der Waals surface area contributed by atoms with Gasteiger partial charge in [0, 0.05) is 18.2 Å². The van der Waals surface area contributed by atoms with Crippen molar-refractivity contribution in [3.05, 3.63) is 54.1 Å². The molecule has 0 saturated carbocycles. The Balaban J connectivity index is 1.95. The number of carbonyl (C=O) groups excluding carboxylic acids is 1. The van der Waals surface area contributed by atoms with E-state index in [0.717, 1.165) is 12.1 Å². The van der Waals surface area contributed by atoms with Gasteiger partial charge in [0.1, 0.15) is 17.7 Å². The van der Waals surface area contributed by atoms with E-state index in [1.165, 1.54) is 4.90 Å². The van der Waals surface area contributed by atoms with Crippen molar-refractivity contribution in [2.45, 2.75) is 18.9 Å². The number of hydrogen-bond donors (Lipinski definition) is 2. The molecule has 0 radical (unpaired) electrons. The van der Waals surface area contributed by atoms with Crippen LogP contribution in [-0.4, -0.2) is 34.6 Å². The van der Waals surface area contributed by atoms with Crippen LogP contribution in [0.5, 0.6) is 0 Å². The first-order chi connectivity index (χ1) is 12.0. The third-order valence-electron chi connectivity index (χ3n) is 4.16. The van der Waals surface area contributed by atoms with Gasteiger partial charge >= 0.3 is 12.0 Å². The molecule has 1 fully saturated rings. The Labute approximate surface area is 142 Å². The molecule has 5 nitrogen and oxygen atoms in total. The number of halogens is 2. The minimum atomic E-state index is -1.10. The smallest absolute Gasteiger partial charge is 0.326 e. The molecule has 7 heteroatoms. The van der Waals surface area contributed by atoms with Gasteiger partial charge in [-0.1, -0.05) is 30.3 Å². The Bertz CT molecular complexity index is 811. The highest BCUT2D eigenvalue weighted by atomic mass is 19.1. The zero-order valence-electron chi connectivity index (χ0n) is 13.2. The van der Waals surface area contributed by atoms with Gasteiger partial charge in [-0.05, 0) is 24.5 Å². The van der Waals surface area contributed by atoms with E-state index in [2.05, 4.69) is 5.32 Å². The van der Waals surface area contributed by atoms with Gasteiger partial charge in [-0.3, -0.25) is 0 Å². The minimum Gasteiger partial charge on any atom is -0.480 e. The number of benzene rings is 2. The Morgan fingerprint density at radius 2 is 1.88 bits per heavy atom. The van der Waals surface area contributed by atoms with Crippen LogP contribution in [0.15, 0.2) is 42.5 Å². The van der Waals surface area contributed by atoms with Crippen molar-refractivity contribution in [2.24, 2.45) is 0 Å². The van der Waals surface area contributed by atoms with Gasteiger partial charge in [0.2, 0.25) is 0 Å². The van der Waals surface area contributed by atoms with E-state index in [0.29, 0.717) is 18.4 Å². The quantitative estimate of drug-likeness (QED) is 0.890. The van der Waals surface area contributed by atoms with E-state index in [-0.39, 0.29) is 17.8 Å². The fourth-order valence-electron chi connectivity index (χ4n) is 3.02. The van der Waals surface area contributed by atoms with Crippen LogP contribution in [0, 0.1) is 11.6 Å². The number of amides is 2. The van der Waals surface area contributed by atoms with Gasteiger partial charge in [-0.25, -0.2) is 18.4 Å². The molecule has 1 heterocycles. The van der Waals surface area contributed by atoms with E-state index in [9.17, 15) is 23.5 Å². The zero-order chi connectivity index (χ0) is 18.0. The molecule has 1 saturated heterocycles. The van der Waals surface area contributed by atoms with E-state index in [1.54, 1.807) is 30.3 Å². The summed E-state index contributed by atoms with van der Waals surface area (Å²) in [6.07, 6.45) is 0.916. The maximum absolute atomic E-state index is 14.3. The summed E-state index contributed by atoms with van der Waals surface area (Å²) >= 11 is 0. The van der Waals surface area contributed by atoms with Crippen molar-refractivity contribution in [3.8, 4) is 11.1 Å². The summed E-state index contributed by atoms with van der Waals surface area (Å²) in [5.74, 6) is -2.73. The number of hydrogen-bond acceptors (Lipinski definition) is 2. The monoisotopic (exact) mass is 346 g/mol.